The molecule has 0 aliphatic carbocycles. The molecule has 1 heterocycles. The Morgan fingerprint density at radius 2 is 1.95 bits per heavy atom. The first-order valence-corrected chi connectivity index (χ1v) is 6.76. The summed E-state index contributed by atoms with van der Waals surface area (Å²) in [6.45, 7) is -2.87. The summed E-state index contributed by atoms with van der Waals surface area (Å²) >= 11 is 7.60. The monoisotopic (exact) mass is 311 g/mol. The molecule has 6 heteroatoms. The van der Waals surface area contributed by atoms with Crippen molar-refractivity contribution in [3.63, 3.8) is 0 Å². The van der Waals surface area contributed by atoms with E-state index >= 15 is 0 Å². The Morgan fingerprint density at radius 1 is 1.25 bits per heavy atom. The van der Waals surface area contributed by atoms with Crippen LogP contribution in [0.15, 0.2) is 41.8 Å². The molecule has 0 aliphatic rings. The number of nitriles is 1. The van der Waals surface area contributed by atoms with Crippen LogP contribution in [-0.4, -0.2) is 6.61 Å². The highest BCUT2D eigenvalue weighted by atomic mass is 35.5. The van der Waals surface area contributed by atoms with Gasteiger partial charge >= 0.3 is 6.61 Å². The first kappa shape index (κ1) is 14.5. The normalized spacial score (nSPS) is 11.9. The Bertz CT molecular complexity index is 645. The van der Waals surface area contributed by atoms with E-state index in [0.29, 0.717) is 11.1 Å². The first-order valence-electron chi connectivity index (χ1n) is 5.51. The van der Waals surface area contributed by atoms with E-state index in [1.54, 1.807) is 6.07 Å². The van der Waals surface area contributed by atoms with Crippen LogP contribution in [0.1, 0.15) is 10.4 Å². The van der Waals surface area contributed by atoms with Crippen LogP contribution in [0.25, 0.3) is 10.6 Å². The lowest BCUT2D eigenvalue weighted by Crippen LogP contribution is -2.01. The van der Waals surface area contributed by atoms with Crippen molar-refractivity contribution < 1.29 is 13.5 Å². The second-order valence-electron chi connectivity index (χ2n) is 3.68. The van der Waals surface area contributed by atoms with Crippen LogP contribution in [0.5, 0.6) is 5.75 Å². The molecule has 0 bridgehead atoms. The summed E-state index contributed by atoms with van der Waals surface area (Å²) in [5.41, 5.74) is 0.919. The van der Waals surface area contributed by atoms with Crippen LogP contribution in [0.2, 0.25) is 0 Å². The fourth-order valence-corrected chi connectivity index (χ4v) is 2.61. The molecule has 0 amide bonds. The Balaban J connectivity index is 2.33. The van der Waals surface area contributed by atoms with Gasteiger partial charge in [-0.15, -0.1) is 11.3 Å². The largest absolute Gasteiger partial charge is 0.435 e. The van der Waals surface area contributed by atoms with Gasteiger partial charge in [0.05, 0.1) is 10.6 Å². The van der Waals surface area contributed by atoms with Crippen molar-refractivity contribution in [3.05, 3.63) is 52.2 Å². The number of hydrogen-bond acceptors (Lipinski definition) is 3. The predicted molar refractivity (Wildman–Crippen MR) is 75.7 cm³/mol. The Morgan fingerprint density at radius 3 is 2.45 bits per heavy atom. The molecular formula is C14H8ClF2NOS. The van der Waals surface area contributed by atoms with Crippen LogP contribution < -0.4 is 4.74 Å². The standard InChI is InChI=1S/C14H8ClF2NOS/c15-13(11(8-18)12-2-1-7-20-12)9-3-5-10(6-4-9)19-14(16)17/h1-7,14H. The summed E-state index contributed by atoms with van der Waals surface area (Å²) in [6.07, 6.45) is 0. The summed E-state index contributed by atoms with van der Waals surface area (Å²) in [5, 5.41) is 11.3. The third-order valence-corrected chi connectivity index (χ3v) is 3.73. The van der Waals surface area contributed by atoms with Gasteiger partial charge in [0, 0.05) is 4.88 Å². The molecule has 2 nitrogen and oxygen atoms in total. The van der Waals surface area contributed by atoms with Crippen LogP contribution in [0.4, 0.5) is 8.78 Å². The van der Waals surface area contributed by atoms with Crippen LogP contribution in [0, 0.1) is 11.3 Å². The van der Waals surface area contributed by atoms with E-state index < -0.39 is 6.61 Å². The lowest BCUT2D eigenvalue weighted by molar-refractivity contribution is -0.0498. The molecular weight excluding hydrogens is 304 g/mol. The number of ether oxygens (including phenoxy) is 1. The SMILES string of the molecule is N#CC(=C(Cl)c1ccc(OC(F)F)cc1)c1cccs1. The number of hydrogen-bond donors (Lipinski definition) is 0. The quantitative estimate of drug-likeness (QED) is 0.746. The molecule has 0 saturated carbocycles. The van der Waals surface area contributed by atoms with Gasteiger partial charge in [0.15, 0.2) is 0 Å². The topological polar surface area (TPSA) is 33.0 Å². The lowest BCUT2D eigenvalue weighted by Gasteiger charge is -2.06. The maximum atomic E-state index is 12.0. The van der Waals surface area contributed by atoms with Crippen molar-refractivity contribution in [2.24, 2.45) is 0 Å². The molecule has 0 N–H and O–H groups in total. The molecule has 2 aromatic rings. The Labute approximate surface area is 123 Å². The van der Waals surface area contributed by atoms with Crippen molar-refractivity contribution in [2.45, 2.75) is 6.61 Å². The average Bonchev–Trinajstić information content (AvgIpc) is 2.93. The summed E-state index contributed by atoms with van der Waals surface area (Å²) in [7, 11) is 0. The highest BCUT2D eigenvalue weighted by Gasteiger charge is 2.11. The molecule has 0 fully saturated rings. The number of allylic oxidation sites excluding steroid dienone is 1. The van der Waals surface area contributed by atoms with E-state index in [-0.39, 0.29) is 10.8 Å². The second-order valence-corrected chi connectivity index (χ2v) is 5.01. The Kier molecular flexibility index (Phi) is 4.72. The van der Waals surface area contributed by atoms with Gasteiger partial charge in [-0.1, -0.05) is 17.7 Å². The van der Waals surface area contributed by atoms with Gasteiger partial charge in [0.25, 0.3) is 0 Å². The number of halogens is 3. The summed E-state index contributed by atoms with van der Waals surface area (Å²) in [4.78, 5) is 0.755. The van der Waals surface area contributed by atoms with E-state index in [9.17, 15) is 14.0 Å². The maximum absolute atomic E-state index is 12.0. The summed E-state index contributed by atoms with van der Waals surface area (Å²) < 4.78 is 28.4. The molecule has 20 heavy (non-hydrogen) atoms. The van der Waals surface area contributed by atoms with E-state index in [1.165, 1.54) is 35.6 Å². The highest BCUT2D eigenvalue weighted by molar-refractivity contribution is 7.11. The number of benzene rings is 1. The minimum atomic E-state index is -2.87. The third-order valence-electron chi connectivity index (χ3n) is 2.43. The number of thiophene rings is 1. The minimum Gasteiger partial charge on any atom is -0.435 e. The molecule has 0 aliphatic heterocycles. The van der Waals surface area contributed by atoms with E-state index in [2.05, 4.69) is 10.8 Å². The third kappa shape index (κ3) is 3.35. The van der Waals surface area contributed by atoms with E-state index in [4.69, 9.17) is 11.6 Å². The average molecular weight is 312 g/mol. The molecule has 1 aromatic carbocycles. The van der Waals surface area contributed by atoms with Crippen molar-refractivity contribution in [1.82, 2.24) is 0 Å². The van der Waals surface area contributed by atoms with E-state index in [1.807, 2.05) is 11.4 Å². The van der Waals surface area contributed by atoms with Gasteiger partial charge in [-0.3, -0.25) is 0 Å². The van der Waals surface area contributed by atoms with Gasteiger partial charge < -0.3 is 4.74 Å². The van der Waals surface area contributed by atoms with Crippen molar-refractivity contribution >= 4 is 33.5 Å². The van der Waals surface area contributed by atoms with Crippen LogP contribution in [-0.2, 0) is 0 Å². The summed E-state index contributed by atoms with van der Waals surface area (Å²) in [5.74, 6) is 0.0443. The van der Waals surface area contributed by atoms with Gasteiger partial charge in [0.1, 0.15) is 11.8 Å². The van der Waals surface area contributed by atoms with E-state index in [0.717, 1.165) is 4.88 Å². The zero-order valence-corrected chi connectivity index (χ0v) is 11.6. The van der Waals surface area contributed by atoms with Crippen molar-refractivity contribution in [3.8, 4) is 11.8 Å². The van der Waals surface area contributed by atoms with Crippen molar-refractivity contribution in [2.75, 3.05) is 0 Å². The zero-order chi connectivity index (χ0) is 14.5. The molecule has 102 valence electrons. The molecule has 0 spiro atoms. The smallest absolute Gasteiger partial charge is 0.387 e. The lowest BCUT2D eigenvalue weighted by atomic mass is 10.1. The number of nitrogens with zero attached hydrogens (tertiary/aromatic N) is 1. The molecule has 1 aromatic heterocycles. The fraction of sp³-hybridized carbons (Fsp3) is 0.0714. The predicted octanol–water partition coefficient (Wildman–Crippen LogP) is 4.98. The first-order chi connectivity index (χ1) is 9.61. The van der Waals surface area contributed by atoms with Crippen LogP contribution >= 0.6 is 22.9 Å². The molecule has 0 unspecified atom stereocenters. The number of rotatable bonds is 4. The molecule has 0 saturated heterocycles. The molecule has 0 atom stereocenters. The second kappa shape index (κ2) is 6.51. The van der Waals surface area contributed by atoms with Gasteiger partial charge in [0.2, 0.25) is 0 Å². The van der Waals surface area contributed by atoms with Gasteiger partial charge in [-0.2, -0.15) is 14.0 Å². The highest BCUT2D eigenvalue weighted by Crippen LogP contribution is 2.32. The zero-order valence-electron chi connectivity index (χ0n) is 10.0. The number of alkyl halides is 2. The summed E-state index contributed by atoms with van der Waals surface area (Å²) in [6, 6.07) is 11.5. The van der Waals surface area contributed by atoms with Crippen molar-refractivity contribution in [1.29, 1.82) is 5.26 Å². The van der Waals surface area contributed by atoms with Gasteiger partial charge in [-0.25, -0.2) is 0 Å². The maximum Gasteiger partial charge on any atom is 0.387 e. The Hall–Kier alpha value is -1.90. The molecule has 0 radical (unpaired) electrons. The van der Waals surface area contributed by atoms with Gasteiger partial charge in [-0.05, 0) is 41.3 Å². The minimum absolute atomic E-state index is 0.0443. The fourth-order valence-electron chi connectivity index (χ4n) is 1.56. The molecule has 2 rings (SSSR count). The van der Waals surface area contributed by atoms with Crippen LogP contribution in [0.3, 0.4) is 0 Å².